The van der Waals surface area contributed by atoms with Crippen molar-refractivity contribution in [2.75, 3.05) is 11.4 Å². The number of anilines is 1. The highest BCUT2D eigenvalue weighted by Gasteiger charge is 2.21. The summed E-state index contributed by atoms with van der Waals surface area (Å²) in [6.07, 6.45) is 1.87. The van der Waals surface area contributed by atoms with E-state index < -0.39 is 0 Å². The second kappa shape index (κ2) is 4.52. The minimum atomic E-state index is 0.113. The average molecular weight is 271 g/mol. The lowest BCUT2D eigenvalue weighted by molar-refractivity contribution is 0.508. The molecule has 3 heteroatoms. The van der Waals surface area contributed by atoms with E-state index in [2.05, 4.69) is 66.5 Å². The smallest absolute Gasteiger partial charge is 0.129 e. The topological polar surface area (TPSA) is 16.1 Å². The first kappa shape index (κ1) is 12.5. The van der Waals surface area contributed by atoms with Gasteiger partial charge in [0, 0.05) is 22.8 Å². The van der Waals surface area contributed by atoms with E-state index in [9.17, 15) is 0 Å². The quantitative estimate of drug-likeness (QED) is 0.813. The molecule has 84 valence electrons. The van der Waals surface area contributed by atoms with Crippen molar-refractivity contribution in [1.29, 1.82) is 0 Å². The molecule has 0 amide bonds. The summed E-state index contributed by atoms with van der Waals surface area (Å²) in [6, 6.07) is 2.12. The van der Waals surface area contributed by atoms with Crippen LogP contribution in [-0.4, -0.2) is 17.1 Å². The number of pyridine rings is 1. The second-order valence-corrected chi connectivity index (χ2v) is 5.56. The van der Waals surface area contributed by atoms with Crippen molar-refractivity contribution < 1.29 is 0 Å². The normalized spacial score (nSPS) is 11.6. The zero-order valence-corrected chi connectivity index (χ0v) is 11.7. The van der Waals surface area contributed by atoms with Crippen molar-refractivity contribution in [1.82, 2.24) is 4.98 Å². The number of aromatic nitrogens is 1. The van der Waals surface area contributed by atoms with E-state index in [-0.39, 0.29) is 5.54 Å². The van der Waals surface area contributed by atoms with Crippen LogP contribution in [-0.2, 0) is 0 Å². The molecule has 0 saturated carbocycles. The van der Waals surface area contributed by atoms with Crippen LogP contribution in [0.4, 0.5) is 5.82 Å². The number of nitrogens with zero attached hydrogens (tertiary/aromatic N) is 2. The van der Waals surface area contributed by atoms with Crippen molar-refractivity contribution in [3.63, 3.8) is 0 Å². The van der Waals surface area contributed by atoms with Gasteiger partial charge in [0.1, 0.15) is 5.82 Å². The minimum absolute atomic E-state index is 0.113. The van der Waals surface area contributed by atoms with E-state index in [4.69, 9.17) is 0 Å². The first-order chi connectivity index (χ1) is 6.86. The molecule has 0 unspecified atom stereocenters. The molecule has 0 saturated heterocycles. The molecule has 0 atom stereocenters. The van der Waals surface area contributed by atoms with Crippen LogP contribution in [0.3, 0.4) is 0 Å². The molecular weight excluding hydrogens is 252 g/mol. The van der Waals surface area contributed by atoms with Crippen molar-refractivity contribution in [2.45, 2.75) is 40.2 Å². The lowest BCUT2D eigenvalue weighted by Crippen LogP contribution is -2.41. The highest BCUT2D eigenvalue weighted by atomic mass is 79.9. The first-order valence-electron chi connectivity index (χ1n) is 5.26. The first-order valence-corrected chi connectivity index (χ1v) is 6.05. The Labute approximate surface area is 101 Å². The van der Waals surface area contributed by atoms with Gasteiger partial charge in [-0.05, 0) is 62.2 Å². The second-order valence-electron chi connectivity index (χ2n) is 4.71. The van der Waals surface area contributed by atoms with Crippen LogP contribution >= 0.6 is 15.9 Å². The fourth-order valence-corrected chi connectivity index (χ4v) is 1.87. The SMILES string of the molecule is CCN(c1cc(C)c(Br)cn1)C(C)(C)C. The van der Waals surface area contributed by atoms with Gasteiger partial charge in [0.2, 0.25) is 0 Å². The van der Waals surface area contributed by atoms with Crippen LogP contribution in [0.2, 0.25) is 0 Å². The highest BCUT2D eigenvalue weighted by molar-refractivity contribution is 9.10. The maximum absolute atomic E-state index is 4.46. The maximum atomic E-state index is 4.46. The van der Waals surface area contributed by atoms with Crippen molar-refractivity contribution in [3.8, 4) is 0 Å². The molecule has 0 bridgehead atoms. The maximum Gasteiger partial charge on any atom is 0.129 e. The van der Waals surface area contributed by atoms with Gasteiger partial charge in [0.15, 0.2) is 0 Å². The van der Waals surface area contributed by atoms with Gasteiger partial charge in [-0.3, -0.25) is 0 Å². The Morgan fingerprint density at radius 3 is 2.40 bits per heavy atom. The summed E-state index contributed by atoms with van der Waals surface area (Å²) in [5, 5.41) is 0. The van der Waals surface area contributed by atoms with E-state index >= 15 is 0 Å². The Morgan fingerprint density at radius 2 is 2.00 bits per heavy atom. The number of halogens is 1. The molecule has 2 nitrogen and oxygen atoms in total. The Morgan fingerprint density at radius 1 is 1.40 bits per heavy atom. The van der Waals surface area contributed by atoms with E-state index in [1.165, 1.54) is 5.56 Å². The predicted molar refractivity (Wildman–Crippen MR) is 69.4 cm³/mol. The summed E-state index contributed by atoms with van der Waals surface area (Å²) in [5.41, 5.74) is 1.34. The molecule has 1 aromatic heterocycles. The van der Waals surface area contributed by atoms with Crippen molar-refractivity contribution in [2.24, 2.45) is 0 Å². The lowest BCUT2D eigenvalue weighted by Gasteiger charge is -2.36. The number of hydrogen-bond acceptors (Lipinski definition) is 2. The van der Waals surface area contributed by atoms with E-state index in [0.717, 1.165) is 16.8 Å². The van der Waals surface area contributed by atoms with E-state index in [0.29, 0.717) is 0 Å². The van der Waals surface area contributed by atoms with Crippen molar-refractivity contribution in [3.05, 3.63) is 22.3 Å². The van der Waals surface area contributed by atoms with Gasteiger partial charge in [0.05, 0.1) is 0 Å². The number of hydrogen-bond donors (Lipinski definition) is 0. The van der Waals surface area contributed by atoms with E-state index in [1.807, 2.05) is 6.20 Å². The Kier molecular flexibility index (Phi) is 3.77. The molecule has 0 aliphatic rings. The fourth-order valence-electron chi connectivity index (χ4n) is 1.65. The molecule has 1 rings (SSSR count). The molecule has 0 aromatic carbocycles. The van der Waals surface area contributed by atoms with Crippen molar-refractivity contribution >= 4 is 21.7 Å². The third kappa shape index (κ3) is 2.94. The summed E-state index contributed by atoms with van der Waals surface area (Å²) in [5.74, 6) is 1.05. The van der Waals surface area contributed by atoms with E-state index in [1.54, 1.807) is 0 Å². The summed E-state index contributed by atoms with van der Waals surface area (Å²) in [7, 11) is 0. The lowest BCUT2D eigenvalue weighted by atomic mass is 10.1. The zero-order chi connectivity index (χ0) is 11.6. The number of aryl methyl sites for hydroxylation is 1. The van der Waals surface area contributed by atoms with Crippen LogP contribution < -0.4 is 4.90 Å². The summed E-state index contributed by atoms with van der Waals surface area (Å²) in [6.45, 7) is 11.8. The number of rotatable bonds is 2. The molecule has 15 heavy (non-hydrogen) atoms. The Balaban J connectivity index is 3.08. The molecule has 1 aromatic rings. The molecule has 0 N–H and O–H groups in total. The Hall–Kier alpha value is -0.570. The third-order valence-corrected chi connectivity index (χ3v) is 3.27. The van der Waals surface area contributed by atoms with Crippen LogP contribution in [0, 0.1) is 6.92 Å². The van der Waals surface area contributed by atoms with Gasteiger partial charge in [-0.25, -0.2) is 4.98 Å². The van der Waals surface area contributed by atoms with Crippen LogP contribution in [0.15, 0.2) is 16.7 Å². The molecular formula is C12H19BrN2. The van der Waals surface area contributed by atoms with Gasteiger partial charge in [0.25, 0.3) is 0 Å². The summed E-state index contributed by atoms with van der Waals surface area (Å²) < 4.78 is 1.07. The molecule has 1 heterocycles. The van der Waals surface area contributed by atoms with Crippen LogP contribution in [0.25, 0.3) is 0 Å². The zero-order valence-electron chi connectivity index (χ0n) is 10.1. The summed E-state index contributed by atoms with van der Waals surface area (Å²) in [4.78, 5) is 6.75. The monoisotopic (exact) mass is 270 g/mol. The van der Waals surface area contributed by atoms with Gasteiger partial charge >= 0.3 is 0 Å². The van der Waals surface area contributed by atoms with Gasteiger partial charge in [-0.15, -0.1) is 0 Å². The van der Waals surface area contributed by atoms with Gasteiger partial charge in [-0.1, -0.05) is 0 Å². The van der Waals surface area contributed by atoms with Gasteiger partial charge < -0.3 is 4.90 Å². The fraction of sp³-hybridized carbons (Fsp3) is 0.583. The Bertz CT molecular complexity index is 342. The molecule has 0 radical (unpaired) electrons. The largest absolute Gasteiger partial charge is 0.352 e. The van der Waals surface area contributed by atoms with Crippen LogP contribution in [0.1, 0.15) is 33.3 Å². The van der Waals surface area contributed by atoms with Gasteiger partial charge in [-0.2, -0.15) is 0 Å². The minimum Gasteiger partial charge on any atom is -0.352 e. The third-order valence-electron chi connectivity index (χ3n) is 2.44. The standard InChI is InChI=1S/C12H19BrN2/c1-6-15(12(3,4)5)11-7-9(2)10(13)8-14-11/h7-8H,6H2,1-5H3. The molecule has 0 spiro atoms. The van der Waals surface area contributed by atoms with Crippen LogP contribution in [0.5, 0.6) is 0 Å². The average Bonchev–Trinajstić information content (AvgIpc) is 2.10. The predicted octanol–water partition coefficient (Wildman–Crippen LogP) is 3.78. The highest BCUT2D eigenvalue weighted by Crippen LogP contribution is 2.24. The molecule has 0 aliphatic heterocycles. The molecule has 0 fully saturated rings. The summed E-state index contributed by atoms with van der Waals surface area (Å²) >= 11 is 3.47. The molecule has 0 aliphatic carbocycles.